The van der Waals surface area contributed by atoms with Crippen molar-refractivity contribution in [2.24, 2.45) is 0 Å². The summed E-state index contributed by atoms with van der Waals surface area (Å²) in [6, 6.07) is 5.49. The van der Waals surface area contributed by atoms with Gasteiger partial charge in [0.05, 0.1) is 23.9 Å². The summed E-state index contributed by atoms with van der Waals surface area (Å²) < 4.78 is 29.3. The number of methoxy groups -OCH3 is 1. The molecule has 6 heteroatoms. The first-order valence-corrected chi connectivity index (χ1v) is 8.07. The number of hydrogen-bond acceptors (Lipinski definition) is 4. The fraction of sp³-hybridized carbons (Fsp3) is 0.462. The van der Waals surface area contributed by atoms with E-state index in [-0.39, 0.29) is 5.75 Å². The van der Waals surface area contributed by atoms with Crippen LogP contribution in [0.5, 0.6) is 5.75 Å². The van der Waals surface area contributed by atoms with Crippen LogP contribution in [-0.4, -0.2) is 31.2 Å². The maximum Gasteiger partial charge on any atom is 0.160 e. The Morgan fingerprint density at radius 1 is 1.37 bits per heavy atom. The van der Waals surface area contributed by atoms with Crippen molar-refractivity contribution in [2.45, 2.75) is 24.5 Å². The minimum atomic E-state index is -3.06. The number of imidazole rings is 1. The van der Waals surface area contributed by atoms with E-state index in [1.165, 1.54) is 0 Å². The van der Waals surface area contributed by atoms with E-state index >= 15 is 0 Å². The molecule has 1 aliphatic heterocycles. The second kappa shape index (κ2) is 4.52. The van der Waals surface area contributed by atoms with Gasteiger partial charge in [0.25, 0.3) is 0 Å². The zero-order valence-electron chi connectivity index (χ0n) is 10.7. The molecule has 1 atom stereocenters. The van der Waals surface area contributed by atoms with Crippen LogP contribution in [0.1, 0.15) is 30.3 Å². The molecule has 1 fully saturated rings. The summed E-state index contributed by atoms with van der Waals surface area (Å²) in [5, 5.41) is -0.486. The number of fused-ring (bicyclic) bond motifs is 1. The predicted molar refractivity (Wildman–Crippen MR) is 73.0 cm³/mol. The lowest BCUT2D eigenvalue weighted by atomic mass is 10.2. The maximum atomic E-state index is 12.1. The number of rotatable bonds is 2. The summed E-state index contributed by atoms with van der Waals surface area (Å²) in [4.78, 5) is 7.54. The van der Waals surface area contributed by atoms with Crippen molar-refractivity contribution in [2.75, 3.05) is 12.9 Å². The molecule has 19 heavy (non-hydrogen) atoms. The van der Waals surface area contributed by atoms with Gasteiger partial charge in [-0.2, -0.15) is 0 Å². The standard InChI is InChI=1S/C13H16N2O3S/c1-18-9-5-6-10-11(8-9)15-13(14-10)12-4-2-3-7-19(12,16)17/h5-6,8,12H,2-4,7H2,1H3,(H,14,15). The highest BCUT2D eigenvalue weighted by Gasteiger charge is 2.32. The number of ether oxygens (including phenoxy) is 1. The third-order valence-corrected chi connectivity index (χ3v) is 5.77. The van der Waals surface area contributed by atoms with Gasteiger partial charge in [-0.15, -0.1) is 0 Å². The summed E-state index contributed by atoms with van der Waals surface area (Å²) >= 11 is 0. The summed E-state index contributed by atoms with van der Waals surface area (Å²) in [7, 11) is -1.46. The molecule has 1 aromatic carbocycles. The molecule has 1 aliphatic rings. The number of aromatic nitrogens is 2. The lowest BCUT2D eigenvalue weighted by Gasteiger charge is -2.20. The maximum absolute atomic E-state index is 12.1. The Morgan fingerprint density at radius 2 is 2.21 bits per heavy atom. The number of benzene rings is 1. The Bertz CT molecular complexity index is 706. The first kappa shape index (κ1) is 12.5. The van der Waals surface area contributed by atoms with Gasteiger partial charge in [-0.3, -0.25) is 0 Å². The molecule has 1 N–H and O–H groups in total. The quantitative estimate of drug-likeness (QED) is 0.915. The first-order chi connectivity index (χ1) is 9.10. The smallest absolute Gasteiger partial charge is 0.160 e. The molecule has 0 bridgehead atoms. The zero-order valence-corrected chi connectivity index (χ0v) is 11.5. The van der Waals surface area contributed by atoms with Crippen LogP contribution in [0, 0.1) is 0 Å². The molecule has 2 heterocycles. The van der Waals surface area contributed by atoms with Crippen molar-refractivity contribution in [1.82, 2.24) is 9.97 Å². The molecule has 1 aromatic heterocycles. The molecule has 3 rings (SSSR count). The average Bonchev–Trinajstić information content (AvgIpc) is 2.80. The number of H-pyrrole nitrogens is 1. The minimum Gasteiger partial charge on any atom is -0.497 e. The van der Waals surface area contributed by atoms with E-state index in [1.807, 2.05) is 18.2 Å². The summed E-state index contributed by atoms with van der Waals surface area (Å²) in [6.07, 6.45) is 2.34. The highest BCUT2D eigenvalue weighted by atomic mass is 32.2. The van der Waals surface area contributed by atoms with Crippen LogP contribution in [0.15, 0.2) is 18.2 Å². The monoisotopic (exact) mass is 280 g/mol. The van der Waals surface area contributed by atoms with Gasteiger partial charge in [0.15, 0.2) is 9.84 Å². The molecular weight excluding hydrogens is 264 g/mol. The van der Waals surface area contributed by atoms with Crippen LogP contribution >= 0.6 is 0 Å². The van der Waals surface area contributed by atoms with Gasteiger partial charge >= 0.3 is 0 Å². The van der Waals surface area contributed by atoms with Gasteiger partial charge in [0.1, 0.15) is 16.8 Å². The first-order valence-electron chi connectivity index (χ1n) is 6.35. The van der Waals surface area contributed by atoms with E-state index in [0.29, 0.717) is 12.2 Å². The number of nitrogens with zero attached hydrogens (tertiary/aromatic N) is 1. The van der Waals surface area contributed by atoms with E-state index in [9.17, 15) is 8.42 Å². The second-order valence-corrected chi connectivity index (χ2v) is 7.16. The van der Waals surface area contributed by atoms with Crippen molar-refractivity contribution >= 4 is 20.9 Å². The third-order valence-electron chi connectivity index (χ3n) is 3.59. The molecule has 0 aliphatic carbocycles. The summed E-state index contributed by atoms with van der Waals surface area (Å²) in [5.41, 5.74) is 1.59. The Kier molecular flexibility index (Phi) is 2.97. The van der Waals surface area contributed by atoms with E-state index < -0.39 is 15.1 Å². The van der Waals surface area contributed by atoms with Gasteiger partial charge in [0, 0.05) is 6.07 Å². The van der Waals surface area contributed by atoms with E-state index in [0.717, 1.165) is 29.6 Å². The van der Waals surface area contributed by atoms with E-state index in [1.54, 1.807) is 7.11 Å². The number of sulfone groups is 1. The molecule has 2 aromatic rings. The number of hydrogen-bond donors (Lipinski definition) is 1. The Labute approximate surface area is 111 Å². The molecule has 0 spiro atoms. The molecule has 5 nitrogen and oxygen atoms in total. The second-order valence-electron chi connectivity index (χ2n) is 4.86. The van der Waals surface area contributed by atoms with Gasteiger partial charge in [0.2, 0.25) is 0 Å². The van der Waals surface area contributed by atoms with Gasteiger partial charge in [-0.05, 0) is 25.0 Å². The fourth-order valence-electron chi connectivity index (χ4n) is 2.55. The van der Waals surface area contributed by atoms with Crippen molar-refractivity contribution < 1.29 is 13.2 Å². The van der Waals surface area contributed by atoms with Crippen molar-refractivity contribution in [3.63, 3.8) is 0 Å². The lowest BCUT2D eigenvalue weighted by molar-refractivity contribution is 0.415. The van der Waals surface area contributed by atoms with Crippen molar-refractivity contribution in [3.05, 3.63) is 24.0 Å². The van der Waals surface area contributed by atoms with Crippen LogP contribution in [-0.2, 0) is 9.84 Å². The van der Waals surface area contributed by atoms with Crippen molar-refractivity contribution in [1.29, 1.82) is 0 Å². The van der Waals surface area contributed by atoms with Crippen molar-refractivity contribution in [3.8, 4) is 5.75 Å². The van der Waals surface area contributed by atoms with Crippen LogP contribution in [0.4, 0.5) is 0 Å². The molecule has 0 saturated carbocycles. The third kappa shape index (κ3) is 2.20. The van der Waals surface area contributed by atoms with Gasteiger partial charge < -0.3 is 9.72 Å². The van der Waals surface area contributed by atoms with Crippen LogP contribution in [0.25, 0.3) is 11.0 Å². The summed E-state index contributed by atoms with van der Waals surface area (Å²) in [6.45, 7) is 0. The molecule has 102 valence electrons. The van der Waals surface area contributed by atoms with Crippen LogP contribution in [0.3, 0.4) is 0 Å². The fourth-order valence-corrected chi connectivity index (χ4v) is 4.42. The van der Waals surface area contributed by atoms with Crippen LogP contribution < -0.4 is 4.74 Å². The SMILES string of the molecule is COc1ccc2nc(C3CCCCS3(=O)=O)[nH]c2c1. The van der Waals surface area contributed by atoms with E-state index in [2.05, 4.69) is 9.97 Å². The highest BCUT2D eigenvalue weighted by Crippen LogP contribution is 2.33. The molecule has 0 amide bonds. The predicted octanol–water partition coefficient (Wildman–Crippen LogP) is 2.21. The molecule has 1 unspecified atom stereocenters. The highest BCUT2D eigenvalue weighted by molar-refractivity contribution is 7.91. The lowest BCUT2D eigenvalue weighted by Crippen LogP contribution is -2.22. The topological polar surface area (TPSA) is 72.0 Å². The van der Waals surface area contributed by atoms with Crippen LogP contribution in [0.2, 0.25) is 0 Å². The number of nitrogens with one attached hydrogen (secondary N) is 1. The Hall–Kier alpha value is -1.56. The van der Waals surface area contributed by atoms with E-state index in [4.69, 9.17) is 4.74 Å². The molecular formula is C13H16N2O3S. The largest absolute Gasteiger partial charge is 0.497 e. The Balaban J connectivity index is 2.05. The number of aromatic amines is 1. The average molecular weight is 280 g/mol. The Morgan fingerprint density at radius 3 is 2.95 bits per heavy atom. The van der Waals surface area contributed by atoms with Gasteiger partial charge in [-0.25, -0.2) is 13.4 Å². The normalized spacial score (nSPS) is 22.5. The van der Waals surface area contributed by atoms with Gasteiger partial charge in [-0.1, -0.05) is 6.42 Å². The zero-order chi connectivity index (χ0) is 13.5. The molecule has 0 radical (unpaired) electrons. The molecule has 1 saturated heterocycles. The minimum absolute atomic E-state index is 0.262. The summed E-state index contributed by atoms with van der Waals surface area (Å²) in [5.74, 6) is 1.55.